The molecule has 1 aliphatic rings. The third-order valence-corrected chi connectivity index (χ3v) is 5.59. The van der Waals surface area contributed by atoms with Gasteiger partial charge in [-0.3, -0.25) is 4.79 Å². The monoisotopic (exact) mass is 294 g/mol. The van der Waals surface area contributed by atoms with Gasteiger partial charge in [0.25, 0.3) is 0 Å². The third kappa shape index (κ3) is 5.58. The fourth-order valence-electron chi connectivity index (χ4n) is 1.85. The van der Waals surface area contributed by atoms with Crippen molar-refractivity contribution in [3.8, 4) is 0 Å². The maximum absolute atomic E-state index is 11.7. The zero-order valence-electron chi connectivity index (χ0n) is 10.9. The van der Waals surface area contributed by atoms with Crippen molar-refractivity contribution in [2.24, 2.45) is 5.73 Å². The van der Waals surface area contributed by atoms with Crippen molar-refractivity contribution in [1.82, 2.24) is 5.32 Å². The van der Waals surface area contributed by atoms with E-state index in [0.29, 0.717) is 6.54 Å². The number of nitrogens with one attached hydrogen (secondary N) is 1. The number of rotatable bonds is 6. The third-order valence-electron chi connectivity index (χ3n) is 3.07. The van der Waals surface area contributed by atoms with Crippen LogP contribution in [0.3, 0.4) is 0 Å². The van der Waals surface area contributed by atoms with Crippen LogP contribution in [0.1, 0.15) is 26.2 Å². The summed E-state index contributed by atoms with van der Waals surface area (Å²) in [5.74, 6) is 0.826. The lowest BCUT2D eigenvalue weighted by molar-refractivity contribution is -0.122. The number of nitrogens with two attached hydrogens (primary N) is 1. The van der Waals surface area contributed by atoms with E-state index in [4.69, 9.17) is 5.73 Å². The highest BCUT2D eigenvalue weighted by atomic mass is 32.2. The van der Waals surface area contributed by atoms with E-state index < -0.39 is 15.9 Å². The molecular formula is C11H22N2O3S2. The SMILES string of the molecule is CC1(CNC(=O)C(N)CCS(C)(=O)=O)CCCS1. The molecule has 0 radical (unpaired) electrons. The summed E-state index contributed by atoms with van der Waals surface area (Å²) in [4.78, 5) is 11.7. The Hall–Kier alpha value is -0.270. The first-order valence-corrected chi connectivity index (χ1v) is 9.11. The highest BCUT2D eigenvalue weighted by molar-refractivity contribution is 8.00. The van der Waals surface area contributed by atoms with E-state index in [1.165, 1.54) is 6.42 Å². The molecule has 106 valence electrons. The second-order valence-electron chi connectivity index (χ2n) is 5.14. The Balaban J connectivity index is 2.31. The van der Waals surface area contributed by atoms with Gasteiger partial charge >= 0.3 is 0 Å². The summed E-state index contributed by atoms with van der Waals surface area (Å²) < 4.78 is 22.1. The van der Waals surface area contributed by atoms with Crippen molar-refractivity contribution >= 4 is 27.5 Å². The Kier molecular flexibility index (Phi) is 5.48. The van der Waals surface area contributed by atoms with E-state index in [1.807, 2.05) is 11.8 Å². The first-order chi connectivity index (χ1) is 8.22. The summed E-state index contributed by atoms with van der Waals surface area (Å²) in [7, 11) is -3.06. The summed E-state index contributed by atoms with van der Waals surface area (Å²) >= 11 is 1.86. The largest absolute Gasteiger partial charge is 0.353 e. The van der Waals surface area contributed by atoms with E-state index in [9.17, 15) is 13.2 Å². The molecule has 1 aliphatic heterocycles. The molecule has 0 aromatic rings. The lowest BCUT2D eigenvalue weighted by Gasteiger charge is -2.23. The van der Waals surface area contributed by atoms with Gasteiger partial charge in [0.05, 0.1) is 11.8 Å². The zero-order chi connectivity index (χ0) is 13.8. The van der Waals surface area contributed by atoms with Crippen molar-refractivity contribution in [3.63, 3.8) is 0 Å². The van der Waals surface area contributed by atoms with Gasteiger partial charge in [-0.15, -0.1) is 0 Å². The molecule has 1 rings (SSSR count). The van der Waals surface area contributed by atoms with Crippen LogP contribution in [0.2, 0.25) is 0 Å². The normalized spacial score (nSPS) is 25.9. The van der Waals surface area contributed by atoms with Crippen LogP contribution < -0.4 is 11.1 Å². The van der Waals surface area contributed by atoms with Gasteiger partial charge in [0, 0.05) is 17.5 Å². The first kappa shape index (κ1) is 15.8. The zero-order valence-corrected chi connectivity index (χ0v) is 12.6. The standard InChI is InChI=1S/C11H22N2O3S2/c1-11(5-3-6-17-11)8-13-10(14)9(12)4-7-18(2,15)16/h9H,3-8,12H2,1-2H3,(H,13,14). The number of thioether (sulfide) groups is 1. The van der Waals surface area contributed by atoms with Gasteiger partial charge < -0.3 is 11.1 Å². The number of amides is 1. The van der Waals surface area contributed by atoms with Crippen LogP contribution in [0.25, 0.3) is 0 Å². The molecule has 1 amide bonds. The topological polar surface area (TPSA) is 89.3 Å². The number of hydrogen-bond donors (Lipinski definition) is 2. The minimum Gasteiger partial charge on any atom is -0.353 e. The Morgan fingerprint density at radius 1 is 1.56 bits per heavy atom. The molecule has 1 saturated heterocycles. The summed E-state index contributed by atoms with van der Waals surface area (Å²) in [5.41, 5.74) is 5.67. The van der Waals surface area contributed by atoms with Crippen LogP contribution in [0.5, 0.6) is 0 Å². The van der Waals surface area contributed by atoms with Gasteiger partial charge in [-0.2, -0.15) is 11.8 Å². The molecule has 0 saturated carbocycles. The maximum atomic E-state index is 11.7. The van der Waals surface area contributed by atoms with Gasteiger partial charge in [-0.25, -0.2) is 8.42 Å². The van der Waals surface area contributed by atoms with Crippen molar-refractivity contribution in [1.29, 1.82) is 0 Å². The Labute approximate surface area is 113 Å². The fraction of sp³-hybridized carbons (Fsp3) is 0.909. The van der Waals surface area contributed by atoms with Gasteiger partial charge in [0.1, 0.15) is 9.84 Å². The first-order valence-electron chi connectivity index (χ1n) is 6.07. The van der Waals surface area contributed by atoms with Gasteiger partial charge in [0.2, 0.25) is 5.91 Å². The van der Waals surface area contributed by atoms with Gasteiger partial charge in [-0.05, 0) is 31.9 Å². The highest BCUT2D eigenvalue weighted by Gasteiger charge is 2.30. The summed E-state index contributed by atoms with van der Waals surface area (Å²) in [6.07, 6.45) is 3.59. The van der Waals surface area contributed by atoms with Gasteiger partial charge in [0.15, 0.2) is 0 Å². The molecular weight excluding hydrogens is 272 g/mol. The molecule has 18 heavy (non-hydrogen) atoms. The average molecular weight is 294 g/mol. The summed E-state index contributed by atoms with van der Waals surface area (Å²) in [6.45, 7) is 2.73. The lowest BCUT2D eigenvalue weighted by atomic mass is 10.1. The smallest absolute Gasteiger partial charge is 0.236 e. The molecule has 1 fully saturated rings. The van der Waals surface area contributed by atoms with Crippen LogP contribution in [0.4, 0.5) is 0 Å². The summed E-state index contributed by atoms with van der Waals surface area (Å²) in [6, 6.07) is -0.741. The molecule has 7 heteroatoms. The predicted octanol–water partition coefficient (Wildman–Crippen LogP) is 0.150. The minimum atomic E-state index is -3.06. The maximum Gasteiger partial charge on any atom is 0.236 e. The highest BCUT2D eigenvalue weighted by Crippen LogP contribution is 2.36. The number of carbonyl (C=O) groups excluding carboxylic acids is 1. The van der Waals surface area contributed by atoms with E-state index in [-0.39, 0.29) is 22.8 Å². The quantitative estimate of drug-likeness (QED) is 0.728. The summed E-state index contributed by atoms with van der Waals surface area (Å²) in [5, 5.41) is 2.82. The van der Waals surface area contributed by atoms with Gasteiger partial charge in [-0.1, -0.05) is 0 Å². The van der Waals surface area contributed by atoms with Crippen LogP contribution in [-0.4, -0.2) is 49.4 Å². The van der Waals surface area contributed by atoms with Crippen molar-refractivity contribution in [3.05, 3.63) is 0 Å². The Bertz CT molecular complexity index is 389. The van der Waals surface area contributed by atoms with E-state index in [1.54, 1.807) is 0 Å². The van der Waals surface area contributed by atoms with E-state index >= 15 is 0 Å². The molecule has 1 heterocycles. The fourth-order valence-corrected chi connectivity index (χ4v) is 3.78. The molecule has 2 unspecified atom stereocenters. The molecule has 2 atom stereocenters. The predicted molar refractivity (Wildman–Crippen MR) is 75.4 cm³/mol. The second-order valence-corrected chi connectivity index (χ2v) is 9.09. The number of hydrogen-bond acceptors (Lipinski definition) is 5. The number of carbonyl (C=O) groups is 1. The van der Waals surface area contributed by atoms with E-state index in [0.717, 1.165) is 18.4 Å². The molecule has 0 spiro atoms. The lowest BCUT2D eigenvalue weighted by Crippen LogP contribution is -2.46. The van der Waals surface area contributed by atoms with Crippen LogP contribution in [0, 0.1) is 0 Å². The average Bonchev–Trinajstić information content (AvgIpc) is 2.69. The molecule has 0 aromatic carbocycles. The second kappa shape index (κ2) is 6.25. The van der Waals surface area contributed by atoms with Crippen molar-refractivity contribution in [2.75, 3.05) is 24.3 Å². The molecule has 3 N–H and O–H groups in total. The molecule has 0 bridgehead atoms. The molecule has 5 nitrogen and oxygen atoms in total. The molecule has 0 aromatic heterocycles. The van der Waals surface area contributed by atoms with Crippen LogP contribution in [0.15, 0.2) is 0 Å². The molecule has 0 aliphatic carbocycles. The Morgan fingerprint density at radius 2 is 2.22 bits per heavy atom. The van der Waals surface area contributed by atoms with Crippen molar-refractivity contribution in [2.45, 2.75) is 37.0 Å². The minimum absolute atomic E-state index is 0.0480. The van der Waals surface area contributed by atoms with Crippen LogP contribution >= 0.6 is 11.8 Å². The van der Waals surface area contributed by atoms with Crippen LogP contribution in [-0.2, 0) is 14.6 Å². The number of sulfone groups is 1. The van der Waals surface area contributed by atoms with E-state index in [2.05, 4.69) is 12.2 Å². The van der Waals surface area contributed by atoms with Crippen molar-refractivity contribution < 1.29 is 13.2 Å². The Morgan fingerprint density at radius 3 is 2.72 bits per heavy atom.